The van der Waals surface area contributed by atoms with Gasteiger partial charge in [-0.1, -0.05) is 0 Å². The Hall–Kier alpha value is -0.280. The van der Waals surface area contributed by atoms with Crippen molar-refractivity contribution < 1.29 is 0 Å². The molecule has 1 unspecified atom stereocenters. The molecular formula is C13H18BrClN2. The number of aromatic nitrogens is 1. The lowest BCUT2D eigenvalue weighted by molar-refractivity contribution is 0.398. The fourth-order valence-electron chi connectivity index (χ4n) is 2.32. The standard InChI is InChI=1S/C13H18BrClN2/c1-9-3-6-16-13(12(9)14)17-7-4-11(5-8-17)10(2)15/h3,6,10-11H,4-5,7-8H2,1-2H3. The molecule has 0 amide bonds. The van der Waals surface area contributed by atoms with E-state index in [-0.39, 0.29) is 5.38 Å². The van der Waals surface area contributed by atoms with Crippen LogP contribution in [0.1, 0.15) is 25.3 Å². The van der Waals surface area contributed by atoms with Crippen LogP contribution in [0.4, 0.5) is 5.82 Å². The van der Waals surface area contributed by atoms with Gasteiger partial charge in [-0.2, -0.15) is 0 Å². The highest BCUT2D eigenvalue weighted by molar-refractivity contribution is 9.10. The highest BCUT2D eigenvalue weighted by atomic mass is 79.9. The third kappa shape index (κ3) is 2.94. The summed E-state index contributed by atoms with van der Waals surface area (Å²) in [5, 5.41) is 0.283. The summed E-state index contributed by atoms with van der Waals surface area (Å²) in [6, 6.07) is 2.03. The number of rotatable bonds is 2. The Morgan fingerprint density at radius 2 is 2.12 bits per heavy atom. The Morgan fingerprint density at radius 1 is 1.47 bits per heavy atom. The summed E-state index contributed by atoms with van der Waals surface area (Å²) >= 11 is 9.79. The van der Waals surface area contributed by atoms with Gasteiger partial charge >= 0.3 is 0 Å². The number of aryl methyl sites for hydroxylation is 1. The van der Waals surface area contributed by atoms with Gasteiger partial charge in [0.15, 0.2) is 0 Å². The molecule has 2 nitrogen and oxygen atoms in total. The van der Waals surface area contributed by atoms with E-state index in [1.807, 2.05) is 12.3 Å². The Balaban J connectivity index is 2.08. The van der Waals surface area contributed by atoms with E-state index >= 15 is 0 Å². The van der Waals surface area contributed by atoms with E-state index in [4.69, 9.17) is 11.6 Å². The molecule has 2 rings (SSSR count). The zero-order valence-electron chi connectivity index (χ0n) is 10.3. The number of pyridine rings is 1. The van der Waals surface area contributed by atoms with Gasteiger partial charge in [-0.25, -0.2) is 4.98 Å². The predicted octanol–water partition coefficient (Wildman–Crippen LogP) is 4.00. The van der Waals surface area contributed by atoms with Crippen molar-refractivity contribution in [2.45, 2.75) is 32.1 Å². The Kier molecular flexibility index (Phi) is 4.31. The normalized spacial score (nSPS) is 19.4. The second-order valence-electron chi connectivity index (χ2n) is 4.77. The van der Waals surface area contributed by atoms with E-state index in [9.17, 15) is 0 Å². The van der Waals surface area contributed by atoms with Gasteiger partial charge in [-0.15, -0.1) is 11.6 Å². The molecule has 1 aromatic heterocycles. The number of hydrogen-bond donors (Lipinski definition) is 0. The number of nitrogens with zero attached hydrogens (tertiary/aromatic N) is 2. The summed E-state index contributed by atoms with van der Waals surface area (Å²) in [5.41, 5.74) is 1.24. The quantitative estimate of drug-likeness (QED) is 0.767. The van der Waals surface area contributed by atoms with Crippen LogP contribution in [0.15, 0.2) is 16.7 Å². The van der Waals surface area contributed by atoms with Crippen molar-refractivity contribution in [3.8, 4) is 0 Å². The van der Waals surface area contributed by atoms with Gasteiger partial charge < -0.3 is 4.90 Å². The van der Waals surface area contributed by atoms with Crippen LogP contribution in [-0.4, -0.2) is 23.5 Å². The van der Waals surface area contributed by atoms with Crippen molar-refractivity contribution in [3.05, 3.63) is 22.3 Å². The van der Waals surface area contributed by atoms with Crippen molar-refractivity contribution in [3.63, 3.8) is 0 Å². The monoisotopic (exact) mass is 316 g/mol. The first-order chi connectivity index (χ1) is 8.09. The molecule has 4 heteroatoms. The zero-order valence-corrected chi connectivity index (χ0v) is 12.6. The fraction of sp³-hybridized carbons (Fsp3) is 0.615. The van der Waals surface area contributed by atoms with Gasteiger partial charge in [0.05, 0.1) is 4.47 Å². The first kappa shape index (κ1) is 13.2. The van der Waals surface area contributed by atoms with Gasteiger partial charge in [0.2, 0.25) is 0 Å². The summed E-state index contributed by atoms with van der Waals surface area (Å²) < 4.78 is 1.12. The van der Waals surface area contributed by atoms with E-state index in [1.54, 1.807) is 0 Å². The highest BCUT2D eigenvalue weighted by Gasteiger charge is 2.24. The third-order valence-electron chi connectivity index (χ3n) is 3.55. The molecule has 0 aromatic carbocycles. The van der Waals surface area contributed by atoms with E-state index in [0.717, 1.165) is 36.2 Å². The minimum Gasteiger partial charge on any atom is -0.356 e. The minimum atomic E-state index is 0.283. The molecule has 0 N–H and O–H groups in total. The van der Waals surface area contributed by atoms with Gasteiger partial charge in [-0.3, -0.25) is 0 Å². The van der Waals surface area contributed by atoms with Crippen LogP contribution < -0.4 is 4.90 Å². The molecule has 1 aliphatic heterocycles. The number of hydrogen-bond acceptors (Lipinski definition) is 2. The second-order valence-corrected chi connectivity index (χ2v) is 6.25. The smallest absolute Gasteiger partial charge is 0.143 e. The fourth-order valence-corrected chi connectivity index (χ4v) is 3.05. The first-order valence-electron chi connectivity index (χ1n) is 6.09. The molecular weight excluding hydrogens is 300 g/mol. The molecule has 1 aromatic rings. The molecule has 2 heterocycles. The minimum absolute atomic E-state index is 0.283. The topological polar surface area (TPSA) is 16.1 Å². The Labute approximate surface area is 116 Å². The molecule has 0 aliphatic carbocycles. The van der Waals surface area contributed by atoms with Gasteiger partial charge in [0.1, 0.15) is 5.82 Å². The summed E-state index contributed by atoms with van der Waals surface area (Å²) in [7, 11) is 0. The Morgan fingerprint density at radius 3 is 2.71 bits per heavy atom. The van der Waals surface area contributed by atoms with Gasteiger partial charge in [-0.05, 0) is 60.2 Å². The Bertz CT molecular complexity index is 387. The number of anilines is 1. The summed E-state index contributed by atoms with van der Waals surface area (Å²) in [6.45, 7) is 6.30. The molecule has 1 aliphatic rings. The molecule has 0 spiro atoms. The molecule has 0 radical (unpaired) electrons. The van der Waals surface area contributed by atoms with Crippen LogP contribution in [0.25, 0.3) is 0 Å². The average molecular weight is 318 g/mol. The van der Waals surface area contributed by atoms with Crippen molar-refractivity contribution in [2.24, 2.45) is 5.92 Å². The molecule has 0 bridgehead atoms. The zero-order chi connectivity index (χ0) is 12.4. The number of halogens is 2. The van der Waals surface area contributed by atoms with Crippen molar-refractivity contribution in [2.75, 3.05) is 18.0 Å². The largest absolute Gasteiger partial charge is 0.356 e. The van der Waals surface area contributed by atoms with Crippen LogP contribution in [0.3, 0.4) is 0 Å². The van der Waals surface area contributed by atoms with Crippen molar-refractivity contribution >= 4 is 33.3 Å². The average Bonchev–Trinajstić information content (AvgIpc) is 2.33. The van der Waals surface area contributed by atoms with Crippen LogP contribution in [-0.2, 0) is 0 Å². The lowest BCUT2D eigenvalue weighted by Gasteiger charge is -2.34. The summed E-state index contributed by atoms with van der Waals surface area (Å²) in [5.74, 6) is 1.72. The number of piperidine rings is 1. The second kappa shape index (κ2) is 5.57. The maximum Gasteiger partial charge on any atom is 0.143 e. The lowest BCUT2D eigenvalue weighted by Crippen LogP contribution is -2.36. The van der Waals surface area contributed by atoms with E-state index < -0.39 is 0 Å². The highest BCUT2D eigenvalue weighted by Crippen LogP contribution is 2.31. The molecule has 1 saturated heterocycles. The van der Waals surface area contributed by atoms with E-state index in [1.165, 1.54) is 5.56 Å². The van der Waals surface area contributed by atoms with Crippen molar-refractivity contribution in [1.29, 1.82) is 0 Å². The van der Waals surface area contributed by atoms with Crippen LogP contribution in [0, 0.1) is 12.8 Å². The van der Waals surface area contributed by atoms with Crippen LogP contribution in [0.5, 0.6) is 0 Å². The predicted molar refractivity (Wildman–Crippen MR) is 76.9 cm³/mol. The maximum atomic E-state index is 6.16. The summed E-state index contributed by atoms with van der Waals surface area (Å²) in [6.07, 6.45) is 4.20. The third-order valence-corrected chi connectivity index (χ3v) is 4.89. The number of alkyl halides is 1. The van der Waals surface area contributed by atoms with Gasteiger partial charge in [0.25, 0.3) is 0 Å². The lowest BCUT2D eigenvalue weighted by atomic mass is 9.94. The molecule has 17 heavy (non-hydrogen) atoms. The van der Waals surface area contributed by atoms with E-state index in [0.29, 0.717) is 5.92 Å². The molecule has 1 atom stereocenters. The van der Waals surface area contributed by atoms with Crippen LogP contribution >= 0.6 is 27.5 Å². The van der Waals surface area contributed by atoms with Crippen LogP contribution in [0.2, 0.25) is 0 Å². The molecule has 94 valence electrons. The molecule has 1 fully saturated rings. The first-order valence-corrected chi connectivity index (χ1v) is 7.32. The van der Waals surface area contributed by atoms with Crippen molar-refractivity contribution in [1.82, 2.24) is 4.98 Å². The molecule has 0 saturated carbocycles. The maximum absolute atomic E-state index is 6.16. The van der Waals surface area contributed by atoms with E-state index in [2.05, 4.69) is 39.7 Å². The summed E-state index contributed by atoms with van der Waals surface area (Å²) in [4.78, 5) is 6.83. The SMILES string of the molecule is Cc1ccnc(N2CCC(C(C)Cl)CC2)c1Br. The van der Waals surface area contributed by atoms with Gasteiger partial charge in [0, 0.05) is 24.7 Å².